The van der Waals surface area contributed by atoms with Gasteiger partial charge < -0.3 is 9.47 Å². The van der Waals surface area contributed by atoms with Crippen molar-refractivity contribution in [2.75, 3.05) is 13.2 Å². The van der Waals surface area contributed by atoms with Gasteiger partial charge in [-0.3, -0.25) is 0 Å². The van der Waals surface area contributed by atoms with E-state index in [-0.39, 0.29) is 17.3 Å². The molecular weight excluding hydrogens is 549 g/mol. The van der Waals surface area contributed by atoms with E-state index in [1.54, 1.807) is 80.6 Å². The Morgan fingerprint density at radius 2 is 1.23 bits per heavy atom. The van der Waals surface area contributed by atoms with Crippen molar-refractivity contribution >= 4 is 20.4 Å². The molecule has 0 bridgehead atoms. The number of halogens is 3. The van der Waals surface area contributed by atoms with Crippen molar-refractivity contribution in [3.8, 4) is 11.5 Å². The van der Waals surface area contributed by atoms with Crippen LogP contribution in [0, 0.1) is 13.8 Å². The van der Waals surface area contributed by atoms with E-state index >= 15 is 0 Å². The SMILES string of the molecule is CCCCOc1ccc(S(OS(=O)(=O)C(F)(F)F)(c2ccccc2C)c2ccccc2C)c(OCCCC)c1. The van der Waals surface area contributed by atoms with Crippen LogP contribution in [0.5, 0.6) is 11.5 Å². The molecule has 0 unspecified atom stereocenters. The van der Waals surface area contributed by atoms with E-state index in [1.165, 1.54) is 0 Å². The van der Waals surface area contributed by atoms with Gasteiger partial charge in [0.25, 0.3) is 0 Å². The predicted molar refractivity (Wildman–Crippen MR) is 148 cm³/mol. The molecule has 0 saturated carbocycles. The minimum atomic E-state index is -6.05. The maximum Gasteiger partial charge on any atom is 0.524 e. The summed E-state index contributed by atoms with van der Waals surface area (Å²) in [7, 11) is -9.59. The van der Waals surface area contributed by atoms with Crippen LogP contribution in [0.2, 0.25) is 0 Å². The third kappa shape index (κ3) is 6.91. The van der Waals surface area contributed by atoms with Crippen molar-refractivity contribution in [2.24, 2.45) is 0 Å². The maximum atomic E-state index is 13.9. The fraction of sp³-hybridized carbons (Fsp3) is 0.379. The van der Waals surface area contributed by atoms with Gasteiger partial charge in [-0.2, -0.15) is 25.2 Å². The second-order valence-electron chi connectivity index (χ2n) is 9.07. The quantitative estimate of drug-likeness (QED) is 0.149. The van der Waals surface area contributed by atoms with Crippen molar-refractivity contribution < 1.29 is 34.7 Å². The summed E-state index contributed by atoms with van der Waals surface area (Å²) in [4.78, 5) is 0.858. The van der Waals surface area contributed by atoms with Gasteiger partial charge in [0.05, 0.1) is 18.1 Å². The molecular formula is C29H35F3O5S2. The van der Waals surface area contributed by atoms with E-state index in [4.69, 9.17) is 13.1 Å². The fourth-order valence-electron chi connectivity index (χ4n) is 3.99. The second kappa shape index (κ2) is 13.1. The average molecular weight is 585 g/mol. The standard InChI is InChI=1S/C29H35F3O5S2/c1-5-7-19-35-24-17-18-28(25(21-24)36-20-8-6-2)38(26-15-11-9-13-22(26)3,27-16-12-10-14-23(27)4)37-39(33,34)29(30,31)32/h9-18,21H,5-8,19-20H2,1-4H3. The van der Waals surface area contributed by atoms with Crippen LogP contribution in [-0.2, 0) is 13.7 Å². The lowest BCUT2D eigenvalue weighted by Gasteiger charge is -2.41. The summed E-state index contributed by atoms with van der Waals surface area (Å²) < 4.78 is 85.0. The maximum absolute atomic E-state index is 13.9. The molecule has 0 radical (unpaired) electrons. The van der Waals surface area contributed by atoms with Crippen LogP contribution in [0.1, 0.15) is 50.7 Å². The highest BCUT2D eigenvalue weighted by Crippen LogP contribution is 2.74. The van der Waals surface area contributed by atoms with E-state index in [2.05, 4.69) is 0 Å². The smallest absolute Gasteiger partial charge is 0.493 e. The molecule has 0 aromatic heterocycles. The first-order valence-corrected chi connectivity index (χ1v) is 15.8. The zero-order valence-corrected chi connectivity index (χ0v) is 24.2. The zero-order valence-electron chi connectivity index (χ0n) is 22.6. The summed E-state index contributed by atoms with van der Waals surface area (Å²) in [5, 5.41) is 0. The summed E-state index contributed by atoms with van der Waals surface area (Å²) in [5.41, 5.74) is -4.48. The third-order valence-corrected chi connectivity index (χ3v) is 11.2. The molecule has 0 fully saturated rings. The van der Waals surface area contributed by atoms with Gasteiger partial charge in [-0.15, -0.1) is 0 Å². The Hall–Kier alpha value is -2.69. The Balaban J connectivity index is 2.44. The Morgan fingerprint density at radius 3 is 1.72 bits per heavy atom. The van der Waals surface area contributed by atoms with Crippen molar-refractivity contribution in [3.05, 3.63) is 77.9 Å². The molecule has 0 N–H and O–H groups in total. The number of aryl methyl sites for hydroxylation is 2. The van der Waals surface area contributed by atoms with Crippen LogP contribution in [0.25, 0.3) is 0 Å². The Kier molecular flexibility index (Phi) is 10.4. The highest BCUT2D eigenvalue weighted by atomic mass is 32.3. The largest absolute Gasteiger partial charge is 0.524 e. The topological polar surface area (TPSA) is 61.8 Å². The lowest BCUT2D eigenvalue weighted by Crippen LogP contribution is -2.28. The van der Waals surface area contributed by atoms with E-state index in [1.807, 2.05) is 13.8 Å². The van der Waals surface area contributed by atoms with Gasteiger partial charge in [-0.25, -0.2) is 0 Å². The molecule has 0 aliphatic carbocycles. The van der Waals surface area contributed by atoms with Crippen LogP contribution < -0.4 is 9.47 Å². The molecule has 3 aromatic rings. The normalized spacial score (nSPS) is 12.8. The lowest BCUT2D eigenvalue weighted by atomic mass is 10.2. The first-order chi connectivity index (χ1) is 18.5. The number of hydrogen-bond acceptors (Lipinski definition) is 5. The average Bonchev–Trinajstić information content (AvgIpc) is 2.88. The molecule has 214 valence electrons. The highest BCUT2D eigenvalue weighted by molar-refractivity contribution is 8.33. The van der Waals surface area contributed by atoms with Gasteiger partial charge in [0.1, 0.15) is 11.5 Å². The summed E-state index contributed by atoms with van der Waals surface area (Å²) in [5.74, 6) is 0.691. The molecule has 10 heteroatoms. The molecule has 0 aliphatic rings. The number of hydrogen-bond donors (Lipinski definition) is 0. The van der Waals surface area contributed by atoms with Gasteiger partial charge in [-0.1, -0.05) is 63.1 Å². The Morgan fingerprint density at radius 1 is 0.718 bits per heavy atom. The van der Waals surface area contributed by atoms with Crippen molar-refractivity contribution in [2.45, 2.75) is 73.6 Å². The van der Waals surface area contributed by atoms with Gasteiger partial charge >= 0.3 is 15.6 Å². The number of rotatable bonds is 13. The molecule has 0 spiro atoms. The van der Waals surface area contributed by atoms with Gasteiger partial charge in [0, 0.05) is 15.9 Å². The summed E-state index contributed by atoms with van der Waals surface area (Å²) in [6, 6.07) is 18.3. The third-order valence-electron chi connectivity index (χ3n) is 6.03. The monoisotopic (exact) mass is 584 g/mol. The lowest BCUT2D eigenvalue weighted by molar-refractivity contribution is -0.0496. The fourth-order valence-corrected chi connectivity index (χ4v) is 9.20. The molecule has 0 heterocycles. The second-order valence-corrected chi connectivity index (χ2v) is 13.4. The van der Waals surface area contributed by atoms with Crippen LogP contribution in [-0.4, -0.2) is 27.1 Å². The molecule has 3 aromatic carbocycles. The van der Waals surface area contributed by atoms with E-state index in [9.17, 15) is 21.6 Å². The molecule has 0 aliphatic heterocycles. The molecule has 39 heavy (non-hydrogen) atoms. The molecule has 3 rings (SSSR count). The van der Waals surface area contributed by atoms with E-state index in [0.29, 0.717) is 39.7 Å². The zero-order chi connectivity index (χ0) is 28.7. The van der Waals surface area contributed by atoms with Crippen LogP contribution in [0.3, 0.4) is 0 Å². The van der Waals surface area contributed by atoms with Crippen molar-refractivity contribution in [1.29, 1.82) is 0 Å². The molecule has 5 nitrogen and oxygen atoms in total. The van der Waals surface area contributed by atoms with Crippen LogP contribution in [0.4, 0.5) is 13.2 Å². The number of unbranched alkanes of at least 4 members (excludes halogenated alkanes) is 2. The highest BCUT2D eigenvalue weighted by Gasteiger charge is 2.53. The summed E-state index contributed by atoms with van der Waals surface area (Å²) >= 11 is 0. The molecule has 0 saturated heterocycles. The Bertz CT molecular complexity index is 1310. The first kappa shape index (κ1) is 30.8. The summed E-state index contributed by atoms with van der Waals surface area (Å²) in [6.07, 6.45) is 3.27. The van der Waals surface area contributed by atoms with E-state index in [0.717, 1.165) is 19.3 Å². The van der Waals surface area contributed by atoms with Gasteiger partial charge in [-0.05, 0) is 72.4 Å². The number of ether oxygens (including phenoxy) is 2. The predicted octanol–water partition coefficient (Wildman–Crippen LogP) is 8.72. The van der Waals surface area contributed by atoms with Gasteiger partial charge in [0.15, 0.2) is 0 Å². The molecule has 0 atom stereocenters. The Labute approximate surface area is 230 Å². The van der Waals surface area contributed by atoms with Crippen molar-refractivity contribution in [3.63, 3.8) is 0 Å². The van der Waals surface area contributed by atoms with Crippen molar-refractivity contribution in [1.82, 2.24) is 0 Å². The minimum absolute atomic E-state index is 0.206. The first-order valence-electron chi connectivity index (χ1n) is 12.8. The minimum Gasteiger partial charge on any atom is -0.493 e. The van der Waals surface area contributed by atoms with Crippen LogP contribution in [0.15, 0.2) is 81.4 Å². The number of alkyl halides is 3. The van der Waals surface area contributed by atoms with Gasteiger partial charge in [0.2, 0.25) is 0 Å². The summed E-state index contributed by atoms with van der Waals surface area (Å²) in [6.45, 7) is 8.20. The number of benzene rings is 3. The van der Waals surface area contributed by atoms with E-state index < -0.39 is 25.9 Å². The van der Waals surface area contributed by atoms with Crippen LogP contribution >= 0.6 is 10.3 Å². The molecule has 0 amide bonds.